The van der Waals surface area contributed by atoms with E-state index in [1.165, 1.54) is 31.4 Å². The van der Waals surface area contributed by atoms with Gasteiger partial charge >= 0.3 is 12.0 Å². The molecule has 14 nitrogen and oxygen atoms in total. The molecule has 0 amide bonds. The van der Waals surface area contributed by atoms with Gasteiger partial charge in [0.2, 0.25) is 0 Å². The molecule has 6 aromatic rings. The molecule has 0 saturated heterocycles. The maximum atomic E-state index is 13.3. The highest BCUT2D eigenvalue weighted by Crippen LogP contribution is 2.31. The highest BCUT2D eigenvalue weighted by molar-refractivity contribution is 5.77. The van der Waals surface area contributed by atoms with Crippen molar-refractivity contribution in [1.29, 1.82) is 0 Å². The van der Waals surface area contributed by atoms with Crippen LogP contribution in [-0.2, 0) is 22.9 Å². The number of methoxy groups -OCH3 is 1. The molecule has 0 saturated carbocycles. The number of hydrogen-bond acceptors (Lipinski definition) is 12. The topological polar surface area (TPSA) is 150 Å². The summed E-state index contributed by atoms with van der Waals surface area (Å²) in [4.78, 5) is 16.9. The number of nitrogens with zero attached hydrogens (tertiary/aromatic N) is 10. The Balaban J connectivity index is 0.000000195. The molecule has 0 aliphatic carbocycles. The van der Waals surface area contributed by atoms with Crippen molar-refractivity contribution < 1.29 is 27.7 Å². The number of ether oxygens (including phenoxy) is 4. The van der Waals surface area contributed by atoms with Gasteiger partial charge in [-0.3, -0.25) is 0 Å². The molecule has 16 heteroatoms. The molecule has 0 spiro atoms. The molecule has 4 aromatic heterocycles. The first kappa shape index (κ1) is 35.6. The van der Waals surface area contributed by atoms with Gasteiger partial charge in [0.1, 0.15) is 47.9 Å². The van der Waals surface area contributed by atoms with E-state index in [1.54, 1.807) is 58.2 Å². The second-order valence-corrected chi connectivity index (χ2v) is 10.6. The Morgan fingerprint density at radius 2 is 1.08 bits per heavy atom. The van der Waals surface area contributed by atoms with Crippen LogP contribution in [0.1, 0.15) is 27.7 Å². The summed E-state index contributed by atoms with van der Waals surface area (Å²) in [7, 11) is 1.50. The van der Waals surface area contributed by atoms with Crippen LogP contribution >= 0.6 is 0 Å². The van der Waals surface area contributed by atoms with Crippen molar-refractivity contribution in [2.24, 2.45) is 0 Å². The fraction of sp³-hybridized carbons (Fsp3) is 0.294. The van der Waals surface area contributed by atoms with Crippen LogP contribution in [0.2, 0.25) is 0 Å². The van der Waals surface area contributed by atoms with Crippen LogP contribution in [0.4, 0.5) is 8.78 Å². The number of halogens is 2. The molecule has 4 heterocycles. The Morgan fingerprint density at radius 3 is 1.50 bits per heavy atom. The highest BCUT2D eigenvalue weighted by atomic mass is 19.1. The Bertz CT molecular complexity index is 1970. The third-order valence-corrected chi connectivity index (χ3v) is 6.82. The SMILES string of the molecule is CCOCn1nnc(-c2ccc(F)cc2)c1-c1ccnc(OC(C)C)n1.CCOCn1nnc(-c2ccc(F)cc2)c1-c1ccnc(OC)n1. The second-order valence-electron chi connectivity index (χ2n) is 10.6. The van der Waals surface area contributed by atoms with E-state index in [1.807, 2.05) is 27.7 Å². The van der Waals surface area contributed by atoms with E-state index in [0.717, 1.165) is 11.1 Å². The average molecular weight is 687 g/mol. The van der Waals surface area contributed by atoms with Crippen molar-refractivity contribution in [2.45, 2.75) is 47.3 Å². The van der Waals surface area contributed by atoms with E-state index in [-0.39, 0.29) is 43.2 Å². The van der Waals surface area contributed by atoms with E-state index in [9.17, 15) is 8.78 Å². The quantitative estimate of drug-likeness (QED) is 0.143. The predicted octanol–water partition coefficient (Wildman–Crippen LogP) is 5.87. The molecule has 0 N–H and O–H groups in total. The standard InChI is InChI=1S/C18H20FN5O2.C16H16FN5O2/c1-4-25-11-24-17(15-9-10-20-18(21-15)26-12(2)3)16(22-23-24)13-5-7-14(19)8-6-13;1-3-24-10-22-15(13-8-9-18-16(19-13)23-2)14(20-21-22)11-4-6-12(17)7-5-11/h5-10,12H,4,11H2,1-3H3;4-9H,3,10H2,1-2H3. The lowest BCUT2D eigenvalue weighted by atomic mass is 10.1. The minimum atomic E-state index is -0.314. The van der Waals surface area contributed by atoms with Gasteiger partial charge in [-0.25, -0.2) is 28.1 Å². The first-order valence-corrected chi connectivity index (χ1v) is 15.7. The summed E-state index contributed by atoms with van der Waals surface area (Å²) < 4.78 is 51.3. The summed E-state index contributed by atoms with van der Waals surface area (Å²) in [6.45, 7) is 9.13. The molecule has 0 atom stereocenters. The monoisotopic (exact) mass is 686 g/mol. The number of rotatable bonds is 13. The van der Waals surface area contributed by atoms with Crippen LogP contribution in [0.15, 0.2) is 73.1 Å². The Hall–Kier alpha value is -5.74. The first-order chi connectivity index (χ1) is 24.3. The van der Waals surface area contributed by atoms with Gasteiger partial charge in [0.05, 0.1) is 24.6 Å². The van der Waals surface area contributed by atoms with Crippen LogP contribution in [-0.4, -0.2) is 76.4 Å². The predicted molar refractivity (Wildman–Crippen MR) is 178 cm³/mol. The fourth-order valence-electron chi connectivity index (χ4n) is 4.59. The summed E-state index contributed by atoms with van der Waals surface area (Å²) in [6.07, 6.45) is 3.16. The van der Waals surface area contributed by atoms with Gasteiger partial charge in [-0.2, -0.15) is 9.97 Å². The lowest BCUT2D eigenvalue weighted by molar-refractivity contribution is 0.0789. The van der Waals surface area contributed by atoms with Crippen LogP contribution in [0, 0.1) is 11.6 Å². The van der Waals surface area contributed by atoms with Gasteiger partial charge < -0.3 is 18.9 Å². The normalized spacial score (nSPS) is 11.0. The summed E-state index contributed by atoms with van der Waals surface area (Å²) in [5.41, 5.74) is 5.11. The van der Waals surface area contributed by atoms with Crippen molar-refractivity contribution >= 4 is 0 Å². The van der Waals surface area contributed by atoms with Gasteiger partial charge in [-0.15, -0.1) is 10.2 Å². The zero-order valence-electron chi connectivity index (χ0n) is 28.2. The van der Waals surface area contributed by atoms with E-state index in [4.69, 9.17) is 18.9 Å². The smallest absolute Gasteiger partial charge is 0.317 e. The van der Waals surface area contributed by atoms with Crippen molar-refractivity contribution in [3.05, 3.63) is 84.7 Å². The Kier molecular flexibility index (Phi) is 12.1. The number of hydrogen-bond donors (Lipinski definition) is 0. The zero-order chi connectivity index (χ0) is 35.5. The minimum absolute atomic E-state index is 0.0479. The second kappa shape index (κ2) is 17.1. The Morgan fingerprint density at radius 1 is 0.640 bits per heavy atom. The van der Waals surface area contributed by atoms with Gasteiger partial charge in [-0.1, -0.05) is 10.4 Å². The third-order valence-electron chi connectivity index (χ3n) is 6.82. The van der Waals surface area contributed by atoms with E-state index in [2.05, 4.69) is 40.6 Å². The Labute approximate surface area is 287 Å². The maximum Gasteiger partial charge on any atom is 0.317 e. The van der Waals surface area contributed by atoms with E-state index < -0.39 is 0 Å². The zero-order valence-corrected chi connectivity index (χ0v) is 28.2. The molecular formula is C34H36F2N10O4. The van der Waals surface area contributed by atoms with Crippen LogP contribution < -0.4 is 9.47 Å². The maximum absolute atomic E-state index is 13.3. The largest absolute Gasteiger partial charge is 0.467 e. The van der Waals surface area contributed by atoms with Crippen molar-refractivity contribution in [1.82, 2.24) is 49.9 Å². The van der Waals surface area contributed by atoms with E-state index in [0.29, 0.717) is 47.4 Å². The van der Waals surface area contributed by atoms with Crippen molar-refractivity contribution in [3.8, 4) is 57.3 Å². The lowest BCUT2D eigenvalue weighted by Crippen LogP contribution is -2.10. The average Bonchev–Trinajstić information content (AvgIpc) is 3.75. The molecule has 6 rings (SSSR count). The molecule has 260 valence electrons. The number of benzene rings is 2. The summed E-state index contributed by atoms with van der Waals surface area (Å²) in [5.74, 6) is -0.627. The van der Waals surface area contributed by atoms with Gasteiger partial charge in [0.15, 0.2) is 0 Å². The molecule has 0 aliphatic heterocycles. The van der Waals surface area contributed by atoms with E-state index >= 15 is 0 Å². The van der Waals surface area contributed by atoms with Crippen LogP contribution in [0.3, 0.4) is 0 Å². The van der Waals surface area contributed by atoms with Crippen molar-refractivity contribution in [3.63, 3.8) is 0 Å². The first-order valence-electron chi connectivity index (χ1n) is 15.7. The molecule has 0 aliphatic rings. The van der Waals surface area contributed by atoms with Gasteiger partial charge in [0.25, 0.3) is 0 Å². The van der Waals surface area contributed by atoms with Gasteiger partial charge in [-0.05, 0) is 88.4 Å². The molecular weight excluding hydrogens is 650 g/mol. The molecule has 0 unspecified atom stereocenters. The summed E-state index contributed by atoms with van der Waals surface area (Å²) in [6, 6.07) is 16.1. The van der Waals surface area contributed by atoms with Crippen LogP contribution in [0.25, 0.3) is 45.3 Å². The van der Waals surface area contributed by atoms with Crippen LogP contribution in [0.5, 0.6) is 12.0 Å². The molecule has 50 heavy (non-hydrogen) atoms. The molecule has 0 fully saturated rings. The van der Waals surface area contributed by atoms with Gasteiger partial charge in [0, 0.05) is 36.7 Å². The molecule has 0 radical (unpaired) electrons. The minimum Gasteiger partial charge on any atom is -0.467 e. The fourth-order valence-corrected chi connectivity index (χ4v) is 4.59. The molecule has 2 aromatic carbocycles. The number of aromatic nitrogens is 10. The molecule has 0 bridgehead atoms. The lowest BCUT2D eigenvalue weighted by Gasteiger charge is -2.10. The van der Waals surface area contributed by atoms with Crippen molar-refractivity contribution in [2.75, 3.05) is 20.3 Å². The summed E-state index contributed by atoms with van der Waals surface area (Å²) in [5, 5.41) is 16.8. The third kappa shape index (κ3) is 8.83. The highest BCUT2D eigenvalue weighted by Gasteiger charge is 2.20. The summed E-state index contributed by atoms with van der Waals surface area (Å²) >= 11 is 0.